The molecule has 0 saturated heterocycles. The van der Waals surface area contributed by atoms with Gasteiger partial charge in [-0.3, -0.25) is 4.79 Å². The van der Waals surface area contributed by atoms with E-state index < -0.39 is 5.97 Å². The van der Waals surface area contributed by atoms with Crippen LogP contribution in [0.3, 0.4) is 0 Å². The summed E-state index contributed by atoms with van der Waals surface area (Å²) in [5.41, 5.74) is 1.56. The summed E-state index contributed by atoms with van der Waals surface area (Å²) in [5.74, 6) is -0.212. The van der Waals surface area contributed by atoms with E-state index in [1.807, 2.05) is 23.6 Å². The van der Waals surface area contributed by atoms with Crippen LogP contribution in [0.15, 0.2) is 35.7 Å². The Balaban J connectivity index is 1.88. The number of fused-ring (bicyclic) bond motifs is 1. The van der Waals surface area contributed by atoms with Crippen LogP contribution in [-0.4, -0.2) is 21.0 Å². The van der Waals surface area contributed by atoms with Gasteiger partial charge in [0.25, 0.3) is 0 Å². The number of halogens is 1. The highest BCUT2D eigenvalue weighted by Gasteiger charge is 2.08. The van der Waals surface area contributed by atoms with Crippen LogP contribution in [0.5, 0.6) is 0 Å². The first-order chi connectivity index (χ1) is 10.1. The van der Waals surface area contributed by atoms with Crippen LogP contribution >= 0.6 is 22.9 Å². The van der Waals surface area contributed by atoms with Gasteiger partial charge >= 0.3 is 5.97 Å². The fraction of sp³-hybridized carbons (Fsp3) is 0.0714. The molecule has 0 aliphatic carbocycles. The van der Waals surface area contributed by atoms with E-state index >= 15 is 0 Å². The van der Waals surface area contributed by atoms with Gasteiger partial charge in [-0.2, -0.15) is 4.98 Å². The molecule has 0 aliphatic rings. The Hall–Kier alpha value is -2.18. The van der Waals surface area contributed by atoms with Crippen molar-refractivity contribution in [1.82, 2.24) is 9.97 Å². The molecule has 0 bridgehead atoms. The van der Waals surface area contributed by atoms with E-state index in [4.69, 9.17) is 16.7 Å². The lowest BCUT2D eigenvalue weighted by Crippen LogP contribution is -2.00. The minimum Gasteiger partial charge on any atom is -0.481 e. The lowest BCUT2D eigenvalue weighted by Gasteiger charge is -2.07. The molecule has 7 heteroatoms. The summed E-state index contributed by atoms with van der Waals surface area (Å²) in [6.07, 6.45) is 0.00832. The number of nitrogens with one attached hydrogen (secondary N) is 1. The van der Waals surface area contributed by atoms with Crippen LogP contribution in [0.4, 0.5) is 11.5 Å². The molecule has 0 atom stereocenters. The van der Waals surface area contributed by atoms with Crippen LogP contribution in [0.25, 0.3) is 10.2 Å². The predicted octanol–water partition coefficient (Wildman–Crippen LogP) is 3.72. The monoisotopic (exact) mass is 319 g/mol. The minimum atomic E-state index is -0.849. The largest absolute Gasteiger partial charge is 0.481 e. The van der Waals surface area contributed by atoms with Crippen LogP contribution < -0.4 is 5.32 Å². The second kappa shape index (κ2) is 5.67. The zero-order chi connectivity index (χ0) is 14.8. The van der Waals surface area contributed by atoms with Crippen molar-refractivity contribution in [3.8, 4) is 0 Å². The van der Waals surface area contributed by atoms with Crippen molar-refractivity contribution in [1.29, 1.82) is 0 Å². The number of aromatic nitrogens is 2. The second-order valence-corrected chi connectivity index (χ2v) is 5.61. The maximum Gasteiger partial charge on any atom is 0.307 e. The molecule has 3 aromatic rings. The Morgan fingerprint density at radius 2 is 2.00 bits per heavy atom. The van der Waals surface area contributed by atoms with Gasteiger partial charge in [-0.15, -0.1) is 11.3 Å². The van der Waals surface area contributed by atoms with E-state index in [0.29, 0.717) is 5.82 Å². The highest BCUT2D eigenvalue weighted by molar-refractivity contribution is 7.16. The van der Waals surface area contributed by atoms with Crippen LogP contribution in [0, 0.1) is 0 Å². The Labute approximate surface area is 129 Å². The molecule has 21 heavy (non-hydrogen) atoms. The number of carboxylic acids is 1. The van der Waals surface area contributed by atoms with Crippen molar-refractivity contribution in [3.63, 3.8) is 0 Å². The Morgan fingerprint density at radius 1 is 1.24 bits per heavy atom. The summed E-state index contributed by atoms with van der Waals surface area (Å²) in [6, 6.07) is 9.09. The average molecular weight is 320 g/mol. The summed E-state index contributed by atoms with van der Waals surface area (Å²) in [6.45, 7) is 0. The van der Waals surface area contributed by atoms with Crippen LogP contribution in [-0.2, 0) is 11.2 Å². The number of carbonyl (C=O) groups is 1. The van der Waals surface area contributed by atoms with Gasteiger partial charge < -0.3 is 10.4 Å². The molecular weight excluding hydrogens is 310 g/mol. The lowest BCUT2D eigenvalue weighted by atomic mass is 10.1. The number of nitrogens with zero attached hydrogens (tertiary/aromatic N) is 2. The van der Waals surface area contributed by atoms with Gasteiger partial charge in [-0.05, 0) is 40.7 Å². The molecule has 5 nitrogen and oxygen atoms in total. The van der Waals surface area contributed by atoms with E-state index in [0.717, 1.165) is 21.5 Å². The molecule has 2 aromatic heterocycles. The standard InChI is InChI=1S/C14H10ClN3O2S/c15-14-17-12(10-5-6-21-13(10)18-14)16-9-3-1-8(2-4-9)7-11(19)20/h1-6H,7H2,(H,19,20)(H,16,17,18). The van der Waals surface area contributed by atoms with Gasteiger partial charge in [0.05, 0.1) is 11.8 Å². The molecule has 3 rings (SSSR count). The Kier molecular flexibility index (Phi) is 3.72. The molecule has 2 heterocycles. The normalized spacial score (nSPS) is 10.7. The second-order valence-electron chi connectivity index (χ2n) is 4.37. The maximum atomic E-state index is 10.7. The van der Waals surface area contributed by atoms with Gasteiger partial charge in [0.15, 0.2) is 0 Å². The molecule has 0 amide bonds. The Morgan fingerprint density at radius 3 is 2.71 bits per heavy atom. The molecule has 0 unspecified atom stereocenters. The van der Waals surface area contributed by atoms with Gasteiger partial charge in [-0.1, -0.05) is 12.1 Å². The van der Waals surface area contributed by atoms with Crippen molar-refractivity contribution in [2.24, 2.45) is 0 Å². The van der Waals surface area contributed by atoms with Crippen molar-refractivity contribution >= 4 is 50.6 Å². The van der Waals surface area contributed by atoms with Crippen LogP contribution in [0.1, 0.15) is 5.56 Å². The van der Waals surface area contributed by atoms with Crippen LogP contribution in [0.2, 0.25) is 5.28 Å². The highest BCUT2D eigenvalue weighted by atomic mass is 35.5. The summed E-state index contributed by atoms with van der Waals surface area (Å²) < 4.78 is 0. The fourth-order valence-corrected chi connectivity index (χ4v) is 2.92. The number of aliphatic carboxylic acids is 1. The molecule has 0 radical (unpaired) electrons. The first-order valence-electron chi connectivity index (χ1n) is 6.10. The third-order valence-electron chi connectivity index (χ3n) is 2.87. The minimum absolute atomic E-state index is 0.00832. The molecule has 106 valence electrons. The average Bonchev–Trinajstić information content (AvgIpc) is 2.88. The predicted molar refractivity (Wildman–Crippen MR) is 83.5 cm³/mol. The maximum absolute atomic E-state index is 10.7. The SMILES string of the molecule is O=C(O)Cc1ccc(Nc2nc(Cl)nc3sccc23)cc1. The third kappa shape index (κ3) is 3.12. The molecule has 0 saturated carbocycles. The molecule has 1 aromatic carbocycles. The lowest BCUT2D eigenvalue weighted by molar-refractivity contribution is -0.136. The Bertz CT molecular complexity index is 802. The summed E-state index contributed by atoms with van der Waals surface area (Å²) in [5, 5.41) is 14.9. The van der Waals surface area contributed by atoms with Crippen molar-refractivity contribution in [3.05, 3.63) is 46.6 Å². The third-order valence-corrected chi connectivity index (χ3v) is 3.85. The molecule has 0 spiro atoms. The van der Waals surface area contributed by atoms with Crippen molar-refractivity contribution < 1.29 is 9.90 Å². The number of anilines is 2. The number of hydrogen-bond acceptors (Lipinski definition) is 5. The quantitative estimate of drug-likeness (QED) is 0.717. The van der Waals surface area contributed by atoms with Gasteiger partial charge in [0, 0.05) is 5.69 Å². The van der Waals surface area contributed by atoms with Gasteiger partial charge in [0.2, 0.25) is 5.28 Å². The number of benzene rings is 1. The van der Waals surface area contributed by atoms with Gasteiger partial charge in [0.1, 0.15) is 10.6 Å². The molecule has 0 aliphatic heterocycles. The summed E-state index contributed by atoms with van der Waals surface area (Å²) in [4.78, 5) is 19.8. The number of thiophene rings is 1. The summed E-state index contributed by atoms with van der Waals surface area (Å²) >= 11 is 7.40. The number of hydrogen-bond donors (Lipinski definition) is 2. The molecule has 0 fully saturated rings. The van der Waals surface area contributed by atoms with Crippen molar-refractivity contribution in [2.75, 3.05) is 5.32 Å². The van der Waals surface area contributed by atoms with E-state index in [2.05, 4.69) is 15.3 Å². The van der Waals surface area contributed by atoms with E-state index in [9.17, 15) is 4.79 Å². The van der Waals surface area contributed by atoms with E-state index in [1.54, 1.807) is 12.1 Å². The number of rotatable bonds is 4. The zero-order valence-corrected chi connectivity index (χ0v) is 12.3. The topological polar surface area (TPSA) is 75.1 Å². The zero-order valence-electron chi connectivity index (χ0n) is 10.7. The van der Waals surface area contributed by atoms with E-state index in [1.165, 1.54) is 11.3 Å². The van der Waals surface area contributed by atoms with Gasteiger partial charge in [-0.25, -0.2) is 4.98 Å². The molecule has 2 N–H and O–H groups in total. The van der Waals surface area contributed by atoms with E-state index in [-0.39, 0.29) is 11.7 Å². The smallest absolute Gasteiger partial charge is 0.307 e. The first-order valence-corrected chi connectivity index (χ1v) is 7.36. The highest BCUT2D eigenvalue weighted by Crippen LogP contribution is 2.28. The first kappa shape index (κ1) is 13.8. The summed E-state index contributed by atoms with van der Waals surface area (Å²) in [7, 11) is 0. The van der Waals surface area contributed by atoms with Crippen molar-refractivity contribution in [2.45, 2.75) is 6.42 Å². The number of carboxylic acid groups (broad SMARTS) is 1. The fourth-order valence-electron chi connectivity index (χ4n) is 1.94. The molecular formula is C14H10ClN3O2S.